The first-order valence-electron chi connectivity index (χ1n) is 9.90. The second kappa shape index (κ2) is 9.26. The maximum atomic E-state index is 12.5. The molecule has 2 aliphatic rings. The zero-order chi connectivity index (χ0) is 20.1. The minimum absolute atomic E-state index is 0.0675. The molecule has 154 valence electrons. The van der Waals surface area contributed by atoms with Gasteiger partial charge < -0.3 is 24.2 Å². The van der Waals surface area contributed by atoms with Crippen LogP contribution in [0.3, 0.4) is 0 Å². The van der Waals surface area contributed by atoms with Gasteiger partial charge in [-0.05, 0) is 29.8 Å². The van der Waals surface area contributed by atoms with Crippen LogP contribution in [-0.2, 0) is 11.3 Å². The molecule has 1 fully saturated rings. The fraction of sp³-hybridized carbons (Fsp3) is 0.409. The molecule has 7 heteroatoms. The van der Waals surface area contributed by atoms with E-state index in [2.05, 4.69) is 4.90 Å². The zero-order valence-electron chi connectivity index (χ0n) is 16.3. The highest BCUT2D eigenvalue weighted by Crippen LogP contribution is 2.32. The van der Waals surface area contributed by atoms with Crippen molar-refractivity contribution in [3.8, 4) is 11.5 Å². The van der Waals surface area contributed by atoms with E-state index >= 15 is 0 Å². The van der Waals surface area contributed by atoms with Gasteiger partial charge >= 0.3 is 0 Å². The first-order chi connectivity index (χ1) is 14.2. The molecule has 0 spiro atoms. The third-order valence-corrected chi connectivity index (χ3v) is 5.17. The third-order valence-electron chi connectivity index (χ3n) is 5.17. The first kappa shape index (κ1) is 19.7. The summed E-state index contributed by atoms with van der Waals surface area (Å²) in [5.74, 6) is 1.55. The Morgan fingerprint density at radius 3 is 2.59 bits per heavy atom. The summed E-state index contributed by atoms with van der Waals surface area (Å²) in [6.07, 6.45) is -0.569. The number of aliphatic hydroxyl groups is 1. The Bertz CT molecular complexity index is 821. The van der Waals surface area contributed by atoms with Gasteiger partial charge in [0.05, 0.1) is 19.3 Å². The molecule has 2 aromatic carbocycles. The van der Waals surface area contributed by atoms with Crippen molar-refractivity contribution in [2.75, 3.05) is 46.1 Å². The molecule has 0 bridgehead atoms. The molecule has 7 nitrogen and oxygen atoms in total. The van der Waals surface area contributed by atoms with Crippen molar-refractivity contribution in [1.82, 2.24) is 9.80 Å². The molecule has 1 saturated heterocycles. The summed E-state index contributed by atoms with van der Waals surface area (Å²) >= 11 is 0. The van der Waals surface area contributed by atoms with Crippen molar-refractivity contribution in [3.63, 3.8) is 0 Å². The summed E-state index contributed by atoms with van der Waals surface area (Å²) in [4.78, 5) is 16.5. The standard InChI is InChI=1S/C22H26N2O5/c25-19(15-27-14-17-6-7-20-21(12-17)29-16-28-20)13-23-8-10-24(11-9-23)22(26)18-4-2-1-3-5-18/h1-7,12,19,25H,8-11,13-16H2/t19-/m1/s1. The highest BCUT2D eigenvalue weighted by atomic mass is 16.7. The predicted octanol–water partition coefficient (Wildman–Crippen LogP) is 1.75. The van der Waals surface area contributed by atoms with Gasteiger partial charge in [0.2, 0.25) is 6.79 Å². The number of amides is 1. The number of carbonyl (C=O) groups excluding carboxylic acids is 1. The lowest BCUT2D eigenvalue weighted by molar-refractivity contribution is 0.00204. The van der Waals surface area contributed by atoms with Crippen molar-refractivity contribution >= 4 is 5.91 Å². The average molecular weight is 398 g/mol. The first-order valence-corrected chi connectivity index (χ1v) is 9.90. The second-order valence-corrected chi connectivity index (χ2v) is 7.32. The Morgan fingerprint density at radius 1 is 1.03 bits per heavy atom. The van der Waals surface area contributed by atoms with E-state index in [9.17, 15) is 9.90 Å². The lowest BCUT2D eigenvalue weighted by atomic mass is 10.2. The van der Waals surface area contributed by atoms with Crippen molar-refractivity contribution in [2.45, 2.75) is 12.7 Å². The Balaban J connectivity index is 1.16. The zero-order valence-corrected chi connectivity index (χ0v) is 16.3. The Hall–Kier alpha value is -2.61. The van der Waals surface area contributed by atoms with Gasteiger partial charge in [-0.3, -0.25) is 9.69 Å². The van der Waals surface area contributed by atoms with Gasteiger partial charge in [0, 0.05) is 38.3 Å². The smallest absolute Gasteiger partial charge is 0.253 e. The normalized spacial score (nSPS) is 17.3. The third kappa shape index (κ3) is 5.06. The fourth-order valence-corrected chi connectivity index (χ4v) is 3.59. The van der Waals surface area contributed by atoms with Crippen LogP contribution in [0.5, 0.6) is 11.5 Å². The van der Waals surface area contributed by atoms with Crippen LogP contribution < -0.4 is 9.47 Å². The fourth-order valence-electron chi connectivity index (χ4n) is 3.59. The quantitative estimate of drug-likeness (QED) is 0.766. The van der Waals surface area contributed by atoms with E-state index in [1.54, 1.807) is 0 Å². The van der Waals surface area contributed by atoms with Gasteiger partial charge in [-0.25, -0.2) is 0 Å². The topological polar surface area (TPSA) is 71.5 Å². The van der Waals surface area contributed by atoms with Crippen LogP contribution in [0.2, 0.25) is 0 Å². The van der Waals surface area contributed by atoms with E-state index in [1.807, 2.05) is 53.4 Å². The number of piperazine rings is 1. The number of hydrogen-bond donors (Lipinski definition) is 1. The van der Waals surface area contributed by atoms with E-state index in [4.69, 9.17) is 14.2 Å². The molecule has 0 radical (unpaired) electrons. The molecular weight excluding hydrogens is 372 g/mol. The SMILES string of the molecule is O=C(c1ccccc1)N1CCN(C[C@@H](O)COCc2ccc3c(c2)OCO3)CC1. The molecule has 2 heterocycles. The molecule has 29 heavy (non-hydrogen) atoms. The molecule has 1 N–H and O–H groups in total. The molecule has 4 rings (SSSR count). The minimum atomic E-state index is -0.569. The maximum absolute atomic E-state index is 12.5. The van der Waals surface area contributed by atoms with Crippen molar-refractivity contribution in [1.29, 1.82) is 0 Å². The number of aliphatic hydroxyl groups excluding tert-OH is 1. The molecule has 1 amide bonds. The van der Waals surface area contributed by atoms with E-state index in [-0.39, 0.29) is 19.3 Å². The largest absolute Gasteiger partial charge is 0.454 e. The van der Waals surface area contributed by atoms with Crippen LogP contribution in [0, 0.1) is 0 Å². The van der Waals surface area contributed by atoms with Crippen molar-refractivity contribution in [3.05, 3.63) is 59.7 Å². The van der Waals surface area contributed by atoms with Crippen LogP contribution in [-0.4, -0.2) is 73.0 Å². The number of carbonyl (C=O) groups is 1. The molecule has 0 saturated carbocycles. The number of benzene rings is 2. The summed E-state index contributed by atoms with van der Waals surface area (Å²) in [5.41, 5.74) is 1.70. The monoisotopic (exact) mass is 398 g/mol. The lowest BCUT2D eigenvalue weighted by Crippen LogP contribution is -2.50. The van der Waals surface area contributed by atoms with Crippen molar-refractivity contribution < 1.29 is 24.1 Å². The van der Waals surface area contributed by atoms with E-state index in [1.165, 1.54) is 0 Å². The number of β-amino-alcohol motifs (C(OH)–C–C–N with tert-alkyl or cyclic N) is 1. The maximum Gasteiger partial charge on any atom is 0.253 e. The number of fused-ring (bicyclic) bond motifs is 1. The second-order valence-electron chi connectivity index (χ2n) is 7.32. The number of ether oxygens (including phenoxy) is 3. The number of rotatable bonds is 7. The summed E-state index contributed by atoms with van der Waals surface area (Å²) < 4.78 is 16.3. The predicted molar refractivity (Wildman–Crippen MR) is 107 cm³/mol. The van der Waals surface area contributed by atoms with Gasteiger partial charge in [-0.1, -0.05) is 24.3 Å². The van der Waals surface area contributed by atoms with Gasteiger partial charge in [-0.15, -0.1) is 0 Å². The van der Waals surface area contributed by atoms with Crippen LogP contribution in [0.4, 0.5) is 0 Å². The summed E-state index contributed by atoms with van der Waals surface area (Å²) in [6, 6.07) is 15.1. The lowest BCUT2D eigenvalue weighted by Gasteiger charge is -2.35. The van der Waals surface area contributed by atoms with Gasteiger partial charge in [-0.2, -0.15) is 0 Å². The average Bonchev–Trinajstić information content (AvgIpc) is 3.22. The molecule has 2 aromatic rings. The molecule has 0 aromatic heterocycles. The summed E-state index contributed by atoms with van der Waals surface area (Å²) in [5, 5.41) is 10.3. The minimum Gasteiger partial charge on any atom is -0.454 e. The molecule has 2 aliphatic heterocycles. The van der Waals surface area contributed by atoms with Gasteiger partial charge in [0.15, 0.2) is 11.5 Å². The molecule has 0 aliphatic carbocycles. The highest BCUT2D eigenvalue weighted by Gasteiger charge is 2.23. The highest BCUT2D eigenvalue weighted by molar-refractivity contribution is 5.94. The van der Waals surface area contributed by atoms with Gasteiger partial charge in [0.1, 0.15) is 0 Å². The molecular formula is C22H26N2O5. The van der Waals surface area contributed by atoms with E-state index in [0.717, 1.165) is 35.7 Å². The number of hydrogen-bond acceptors (Lipinski definition) is 6. The van der Waals surface area contributed by atoms with Gasteiger partial charge in [0.25, 0.3) is 5.91 Å². The Kier molecular flexibility index (Phi) is 6.29. The van der Waals surface area contributed by atoms with Crippen LogP contribution in [0.15, 0.2) is 48.5 Å². The Morgan fingerprint density at radius 2 is 1.79 bits per heavy atom. The summed E-state index contributed by atoms with van der Waals surface area (Å²) in [6.45, 7) is 4.29. The van der Waals surface area contributed by atoms with Crippen LogP contribution in [0.25, 0.3) is 0 Å². The molecule has 0 unspecified atom stereocenters. The van der Waals surface area contributed by atoms with E-state index in [0.29, 0.717) is 26.2 Å². The van der Waals surface area contributed by atoms with Crippen LogP contribution in [0.1, 0.15) is 15.9 Å². The summed E-state index contributed by atoms with van der Waals surface area (Å²) in [7, 11) is 0. The van der Waals surface area contributed by atoms with E-state index < -0.39 is 6.10 Å². The number of nitrogens with zero attached hydrogens (tertiary/aromatic N) is 2. The molecule has 1 atom stereocenters. The van der Waals surface area contributed by atoms with Crippen LogP contribution >= 0.6 is 0 Å². The van der Waals surface area contributed by atoms with Crippen molar-refractivity contribution in [2.24, 2.45) is 0 Å². The Labute approximate surface area is 170 Å².